The number of para-hydroxylation sites is 1. The third kappa shape index (κ3) is 6.70. The molecule has 0 aliphatic carbocycles. The van der Waals surface area contributed by atoms with Gasteiger partial charge in [-0.05, 0) is 47.8 Å². The minimum absolute atomic E-state index is 0.223. The van der Waals surface area contributed by atoms with E-state index in [4.69, 9.17) is 5.26 Å². The van der Waals surface area contributed by atoms with Crippen LogP contribution in [-0.4, -0.2) is 39.4 Å². The van der Waals surface area contributed by atoms with Gasteiger partial charge in [0.15, 0.2) is 0 Å². The second kappa shape index (κ2) is 12.5. The Labute approximate surface area is 233 Å². The molecule has 3 N–H and O–H groups in total. The van der Waals surface area contributed by atoms with Crippen LogP contribution in [0.15, 0.2) is 59.5 Å². The highest BCUT2D eigenvalue weighted by Gasteiger charge is 2.33. The summed E-state index contributed by atoms with van der Waals surface area (Å²) in [6, 6.07) is 16.0. The van der Waals surface area contributed by atoms with Crippen LogP contribution in [0, 0.1) is 16.7 Å². The number of aromatic nitrogens is 3. The highest BCUT2D eigenvalue weighted by molar-refractivity contribution is 6.07. The molecule has 4 aromatic rings. The minimum Gasteiger partial charge on any atom is -0.354 e. The maximum atomic E-state index is 13.4. The van der Waals surface area contributed by atoms with Crippen LogP contribution >= 0.6 is 0 Å². The molecule has 1 atom stereocenters. The monoisotopic (exact) mass is 538 g/mol. The summed E-state index contributed by atoms with van der Waals surface area (Å²) in [5, 5.41) is 16.8. The lowest BCUT2D eigenvalue weighted by atomic mass is 9.86. The largest absolute Gasteiger partial charge is 0.354 e. The number of nitrogens with zero attached hydrogens (tertiary/aromatic N) is 3. The predicted octanol–water partition coefficient (Wildman–Crippen LogP) is 4.21. The average Bonchev–Trinajstić information content (AvgIpc) is 2.93. The number of nitrogens with one attached hydrogen (secondary N) is 3. The van der Waals surface area contributed by atoms with Crippen molar-refractivity contribution < 1.29 is 9.59 Å². The lowest BCUT2D eigenvalue weighted by Gasteiger charge is -2.30. The molecule has 2 heterocycles. The Balaban J connectivity index is 1.46. The fraction of sp³-hybridized carbons (Fsp3) is 0.355. The maximum Gasteiger partial charge on any atom is 0.271 e. The SMILES string of the molecule is CC(C)(C)[C@H](NC(=O)c1ncc(CCCCC#N)c2ccccc12)C(=O)NCCc1nc2ccccc2c(=O)[nH]1. The van der Waals surface area contributed by atoms with Gasteiger partial charge in [-0.3, -0.25) is 19.4 Å². The first-order valence-electron chi connectivity index (χ1n) is 13.5. The zero-order valence-electron chi connectivity index (χ0n) is 23.1. The van der Waals surface area contributed by atoms with Crippen LogP contribution in [0.1, 0.15) is 61.9 Å². The summed E-state index contributed by atoms with van der Waals surface area (Å²) in [6.07, 6.45) is 4.99. The number of unbranched alkanes of at least 4 members (excludes halogenated alkanes) is 2. The fourth-order valence-corrected chi connectivity index (χ4v) is 4.69. The summed E-state index contributed by atoms with van der Waals surface area (Å²) >= 11 is 0. The number of hydrogen-bond donors (Lipinski definition) is 3. The Kier molecular flexibility index (Phi) is 8.90. The van der Waals surface area contributed by atoms with Crippen molar-refractivity contribution in [1.82, 2.24) is 25.6 Å². The number of pyridine rings is 1. The number of carbonyl (C=O) groups is 2. The molecule has 0 spiro atoms. The predicted molar refractivity (Wildman–Crippen MR) is 155 cm³/mol. The van der Waals surface area contributed by atoms with Crippen LogP contribution in [0.25, 0.3) is 21.7 Å². The standard InChI is InChI=1S/C31H34N6O3/c1-31(2,3)27(30(40)33-18-16-25-35-24-15-9-8-14-23(24)28(38)36-25)37-29(39)26-22-13-7-6-12-21(22)20(19-34-26)11-5-4-10-17-32/h6-9,12-15,19,27H,4-5,10-11,16,18H2,1-3H3,(H,33,40)(H,37,39)(H,35,36,38)/t27-/m1/s1. The van der Waals surface area contributed by atoms with Crippen LogP contribution in [0.4, 0.5) is 0 Å². The summed E-state index contributed by atoms with van der Waals surface area (Å²) in [6.45, 7) is 5.89. The van der Waals surface area contributed by atoms with Crippen molar-refractivity contribution in [3.63, 3.8) is 0 Å². The summed E-state index contributed by atoms with van der Waals surface area (Å²) in [5.41, 5.74) is 1.08. The molecule has 0 unspecified atom stereocenters. The first kappa shape index (κ1) is 28.4. The number of carbonyl (C=O) groups excluding carboxylic acids is 2. The van der Waals surface area contributed by atoms with Gasteiger partial charge in [-0.1, -0.05) is 57.2 Å². The van der Waals surface area contributed by atoms with Crippen LogP contribution < -0.4 is 16.2 Å². The molecule has 0 fully saturated rings. The topological polar surface area (TPSA) is 141 Å². The number of amides is 2. The highest BCUT2D eigenvalue weighted by Crippen LogP contribution is 2.24. The molecular formula is C31H34N6O3. The van der Waals surface area contributed by atoms with Crippen molar-refractivity contribution in [3.8, 4) is 6.07 Å². The maximum absolute atomic E-state index is 13.4. The van der Waals surface area contributed by atoms with Crippen molar-refractivity contribution in [2.75, 3.05) is 6.54 Å². The van der Waals surface area contributed by atoms with Crippen LogP contribution in [0.3, 0.4) is 0 Å². The lowest BCUT2D eigenvalue weighted by molar-refractivity contribution is -0.125. The quantitative estimate of drug-likeness (QED) is 0.258. The van der Waals surface area contributed by atoms with E-state index >= 15 is 0 Å². The minimum atomic E-state index is -0.824. The number of fused-ring (bicyclic) bond motifs is 2. The Bertz CT molecular complexity index is 1630. The Morgan fingerprint density at radius 1 is 1.00 bits per heavy atom. The molecule has 40 heavy (non-hydrogen) atoms. The fourth-order valence-electron chi connectivity index (χ4n) is 4.69. The summed E-state index contributed by atoms with van der Waals surface area (Å²) in [5.74, 6) is -0.283. The molecule has 0 saturated heterocycles. The number of nitriles is 1. The van der Waals surface area contributed by atoms with Gasteiger partial charge in [0.05, 0.1) is 17.0 Å². The molecule has 4 rings (SSSR count). The summed E-state index contributed by atoms with van der Waals surface area (Å²) in [4.78, 5) is 50.8. The van der Waals surface area contributed by atoms with E-state index < -0.39 is 17.4 Å². The second-order valence-electron chi connectivity index (χ2n) is 10.9. The van der Waals surface area contributed by atoms with Gasteiger partial charge in [0.1, 0.15) is 17.6 Å². The van der Waals surface area contributed by atoms with Crippen molar-refractivity contribution in [3.05, 3.63) is 82.2 Å². The van der Waals surface area contributed by atoms with E-state index in [-0.39, 0.29) is 23.7 Å². The van der Waals surface area contributed by atoms with Gasteiger partial charge in [0.25, 0.3) is 11.5 Å². The van der Waals surface area contributed by atoms with Crippen LogP contribution in [0.2, 0.25) is 0 Å². The molecule has 9 nitrogen and oxygen atoms in total. The summed E-state index contributed by atoms with van der Waals surface area (Å²) < 4.78 is 0. The number of hydrogen-bond acceptors (Lipinski definition) is 6. The van der Waals surface area contributed by atoms with Gasteiger partial charge in [0, 0.05) is 31.0 Å². The Morgan fingerprint density at radius 2 is 1.70 bits per heavy atom. The van der Waals surface area contributed by atoms with E-state index in [1.807, 2.05) is 51.1 Å². The van der Waals surface area contributed by atoms with Crippen LogP contribution in [-0.2, 0) is 17.6 Å². The van der Waals surface area contributed by atoms with Crippen LogP contribution in [0.5, 0.6) is 0 Å². The molecule has 0 radical (unpaired) electrons. The molecular weight excluding hydrogens is 504 g/mol. The first-order chi connectivity index (χ1) is 19.2. The molecule has 0 aliphatic heterocycles. The molecule has 2 amide bonds. The number of aryl methyl sites for hydroxylation is 1. The Morgan fingerprint density at radius 3 is 2.42 bits per heavy atom. The lowest BCUT2D eigenvalue weighted by Crippen LogP contribution is -2.54. The molecule has 0 aliphatic rings. The summed E-state index contributed by atoms with van der Waals surface area (Å²) in [7, 11) is 0. The third-order valence-corrected chi connectivity index (χ3v) is 6.80. The number of rotatable bonds is 10. The van der Waals surface area contributed by atoms with E-state index in [0.717, 1.165) is 35.6 Å². The third-order valence-electron chi connectivity index (χ3n) is 6.80. The molecule has 2 aromatic carbocycles. The van der Waals surface area contributed by atoms with Gasteiger partial charge in [0.2, 0.25) is 5.91 Å². The number of benzene rings is 2. The van der Waals surface area contributed by atoms with E-state index in [2.05, 4.69) is 31.7 Å². The molecule has 0 saturated carbocycles. The van der Waals surface area contributed by atoms with E-state index in [0.29, 0.717) is 29.6 Å². The molecule has 9 heteroatoms. The Hall–Kier alpha value is -4.58. The highest BCUT2D eigenvalue weighted by atomic mass is 16.2. The number of H-pyrrole nitrogens is 1. The average molecular weight is 539 g/mol. The zero-order valence-corrected chi connectivity index (χ0v) is 23.1. The number of aromatic amines is 1. The van der Waals surface area contributed by atoms with E-state index in [1.54, 1.807) is 24.4 Å². The van der Waals surface area contributed by atoms with Crippen molar-refractivity contribution in [1.29, 1.82) is 5.26 Å². The van der Waals surface area contributed by atoms with Gasteiger partial charge in [-0.15, -0.1) is 0 Å². The zero-order chi connectivity index (χ0) is 28.7. The van der Waals surface area contributed by atoms with Gasteiger partial charge in [-0.25, -0.2) is 4.98 Å². The molecule has 206 valence electrons. The van der Waals surface area contributed by atoms with E-state index in [9.17, 15) is 14.4 Å². The molecule has 2 aromatic heterocycles. The van der Waals surface area contributed by atoms with Gasteiger partial charge in [-0.2, -0.15) is 5.26 Å². The molecule has 0 bridgehead atoms. The normalized spacial score (nSPS) is 12.2. The second-order valence-corrected chi connectivity index (χ2v) is 10.9. The van der Waals surface area contributed by atoms with Crippen molar-refractivity contribution in [2.24, 2.45) is 5.41 Å². The van der Waals surface area contributed by atoms with E-state index in [1.165, 1.54) is 0 Å². The first-order valence-corrected chi connectivity index (χ1v) is 13.5. The van der Waals surface area contributed by atoms with Crippen molar-refractivity contribution >= 4 is 33.5 Å². The smallest absolute Gasteiger partial charge is 0.271 e. The van der Waals surface area contributed by atoms with Gasteiger partial charge >= 0.3 is 0 Å². The van der Waals surface area contributed by atoms with Gasteiger partial charge < -0.3 is 15.6 Å². The van der Waals surface area contributed by atoms with Crippen molar-refractivity contribution in [2.45, 2.75) is 58.9 Å².